The third kappa shape index (κ3) is 2.99. The van der Waals surface area contributed by atoms with Crippen molar-refractivity contribution in [3.05, 3.63) is 29.3 Å². The summed E-state index contributed by atoms with van der Waals surface area (Å²) in [7, 11) is 1.64. The lowest BCUT2D eigenvalue weighted by molar-refractivity contribution is 0.0539. The molecule has 1 aliphatic rings. The number of aryl methyl sites for hydroxylation is 1. The van der Waals surface area contributed by atoms with E-state index >= 15 is 0 Å². The van der Waals surface area contributed by atoms with Crippen LogP contribution in [0.15, 0.2) is 18.2 Å². The van der Waals surface area contributed by atoms with E-state index < -0.39 is 5.60 Å². The van der Waals surface area contributed by atoms with Crippen molar-refractivity contribution in [3.63, 3.8) is 0 Å². The van der Waals surface area contributed by atoms with Gasteiger partial charge in [-0.3, -0.25) is 0 Å². The molecule has 0 aliphatic heterocycles. The van der Waals surface area contributed by atoms with E-state index in [0.29, 0.717) is 12.6 Å². The first-order chi connectivity index (χ1) is 8.03. The molecule has 2 rings (SSSR count). The Morgan fingerprint density at radius 2 is 2.18 bits per heavy atom. The Balaban J connectivity index is 2.19. The fourth-order valence-electron chi connectivity index (χ4n) is 1.97. The van der Waals surface area contributed by atoms with Gasteiger partial charge in [0.1, 0.15) is 11.4 Å². The number of hydrogen-bond acceptors (Lipinski definition) is 3. The SMILES string of the molecule is COc1ccc(C)cc1C(C)(O)CNC1CC1. The first-order valence-corrected chi connectivity index (χ1v) is 6.14. The second-order valence-corrected chi connectivity index (χ2v) is 5.13. The van der Waals surface area contributed by atoms with Gasteiger partial charge in [0.15, 0.2) is 0 Å². The number of rotatable bonds is 5. The smallest absolute Gasteiger partial charge is 0.125 e. The molecule has 2 N–H and O–H groups in total. The van der Waals surface area contributed by atoms with Crippen LogP contribution >= 0.6 is 0 Å². The maximum Gasteiger partial charge on any atom is 0.125 e. The van der Waals surface area contributed by atoms with Crippen LogP contribution in [-0.2, 0) is 5.60 Å². The standard InChI is InChI=1S/C14H21NO2/c1-10-4-7-13(17-3)12(8-10)14(2,16)9-15-11-5-6-11/h4,7-8,11,15-16H,5-6,9H2,1-3H3. The second-order valence-electron chi connectivity index (χ2n) is 5.13. The van der Waals surface area contributed by atoms with Gasteiger partial charge in [0.2, 0.25) is 0 Å². The predicted octanol–water partition coefficient (Wildman–Crippen LogP) is 1.96. The summed E-state index contributed by atoms with van der Waals surface area (Å²) in [6.07, 6.45) is 2.45. The summed E-state index contributed by atoms with van der Waals surface area (Å²) < 4.78 is 5.32. The Hall–Kier alpha value is -1.06. The van der Waals surface area contributed by atoms with E-state index in [9.17, 15) is 5.11 Å². The minimum atomic E-state index is -0.889. The number of hydrogen-bond donors (Lipinski definition) is 2. The highest BCUT2D eigenvalue weighted by Crippen LogP contribution is 2.31. The molecule has 94 valence electrons. The molecule has 3 nitrogen and oxygen atoms in total. The number of ether oxygens (including phenoxy) is 1. The van der Waals surface area contributed by atoms with Crippen LogP contribution in [0.2, 0.25) is 0 Å². The van der Waals surface area contributed by atoms with Gasteiger partial charge in [0.25, 0.3) is 0 Å². The minimum Gasteiger partial charge on any atom is -0.496 e. The quantitative estimate of drug-likeness (QED) is 0.820. The molecule has 0 spiro atoms. The number of aliphatic hydroxyl groups is 1. The van der Waals surface area contributed by atoms with Crippen molar-refractivity contribution in [2.24, 2.45) is 0 Å². The zero-order valence-corrected chi connectivity index (χ0v) is 10.8. The van der Waals surface area contributed by atoms with Crippen LogP contribution in [0.25, 0.3) is 0 Å². The monoisotopic (exact) mass is 235 g/mol. The van der Waals surface area contributed by atoms with Crippen LogP contribution in [0.4, 0.5) is 0 Å². The topological polar surface area (TPSA) is 41.5 Å². The van der Waals surface area contributed by atoms with Gasteiger partial charge in [-0.2, -0.15) is 0 Å². The normalized spacial score (nSPS) is 18.8. The van der Waals surface area contributed by atoms with E-state index in [1.807, 2.05) is 32.0 Å². The maximum absolute atomic E-state index is 10.6. The molecular weight excluding hydrogens is 214 g/mol. The summed E-state index contributed by atoms with van der Waals surface area (Å²) in [6.45, 7) is 4.42. The minimum absolute atomic E-state index is 0.567. The molecule has 1 fully saturated rings. The zero-order valence-electron chi connectivity index (χ0n) is 10.8. The molecular formula is C14H21NO2. The molecule has 0 amide bonds. The van der Waals surface area contributed by atoms with Gasteiger partial charge < -0.3 is 15.2 Å². The van der Waals surface area contributed by atoms with Gasteiger partial charge in [-0.25, -0.2) is 0 Å². The molecule has 1 aromatic rings. The first kappa shape index (κ1) is 12.4. The van der Waals surface area contributed by atoms with Gasteiger partial charge in [-0.05, 0) is 38.8 Å². The summed E-state index contributed by atoms with van der Waals surface area (Å²) in [6, 6.07) is 6.49. The molecule has 0 saturated heterocycles. The number of benzene rings is 1. The molecule has 1 aliphatic carbocycles. The van der Waals surface area contributed by atoms with E-state index in [4.69, 9.17) is 4.74 Å². The van der Waals surface area contributed by atoms with Crippen molar-refractivity contribution in [2.75, 3.05) is 13.7 Å². The summed E-state index contributed by atoms with van der Waals surface area (Å²) in [4.78, 5) is 0. The third-order valence-corrected chi connectivity index (χ3v) is 3.25. The number of nitrogens with one attached hydrogen (secondary N) is 1. The zero-order chi connectivity index (χ0) is 12.5. The van der Waals surface area contributed by atoms with Gasteiger partial charge in [0.05, 0.1) is 7.11 Å². The average Bonchev–Trinajstić information content (AvgIpc) is 3.10. The van der Waals surface area contributed by atoms with Crippen LogP contribution in [0, 0.1) is 6.92 Å². The van der Waals surface area contributed by atoms with Crippen molar-refractivity contribution >= 4 is 0 Å². The summed E-state index contributed by atoms with van der Waals surface area (Å²) in [5.74, 6) is 0.748. The average molecular weight is 235 g/mol. The lowest BCUT2D eigenvalue weighted by atomic mass is 9.93. The molecule has 0 radical (unpaired) electrons. The third-order valence-electron chi connectivity index (χ3n) is 3.25. The van der Waals surface area contributed by atoms with Gasteiger partial charge in [0, 0.05) is 18.2 Å². The van der Waals surface area contributed by atoms with Crippen LogP contribution in [-0.4, -0.2) is 24.8 Å². The van der Waals surface area contributed by atoms with Crippen molar-refractivity contribution < 1.29 is 9.84 Å². The Morgan fingerprint density at radius 1 is 1.47 bits per heavy atom. The summed E-state index contributed by atoms with van der Waals surface area (Å²) in [5.41, 5.74) is 1.10. The highest BCUT2D eigenvalue weighted by molar-refractivity contribution is 5.40. The molecule has 1 saturated carbocycles. The van der Waals surface area contributed by atoms with E-state index in [0.717, 1.165) is 16.9 Å². The molecule has 0 bridgehead atoms. The summed E-state index contributed by atoms with van der Waals surface area (Å²) >= 11 is 0. The molecule has 1 aromatic carbocycles. The lowest BCUT2D eigenvalue weighted by Crippen LogP contribution is -2.36. The Morgan fingerprint density at radius 3 is 2.76 bits per heavy atom. The largest absolute Gasteiger partial charge is 0.496 e. The van der Waals surface area contributed by atoms with Gasteiger partial charge in [-0.1, -0.05) is 11.6 Å². The van der Waals surface area contributed by atoms with E-state index in [1.54, 1.807) is 7.11 Å². The molecule has 17 heavy (non-hydrogen) atoms. The molecule has 0 aromatic heterocycles. The fourth-order valence-corrected chi connectivity index (χ4v) is 1.97. The molecule has 3 heteroatoms. The van der Waals surface area contributed by atoms with Crippen LogP contribution < -0.4 is 10.1 Å². The van der Waals surface area contributed by atoms with Crippen molar-refractivity contribution in [1.29, 1.82) is 0 Å². The van der Waals surface area contributed by atoms with Gasteiger partial charge >= 0.3 is 0 Å². The van der Waals surface area contributed by atoms with Gasteiger partial charge in [-0.15, -0.1) is 0 Å². The molecule has 1 atom stereocenters. The maximum atomic E-state index is 10.6. The van der Waals surface area contributed by atoms with E-state index in [1.165, 1.54) is 12.8 Å². The van der Waals surface area contributed by atoms with Crippen molar-refractivity contribution in [3.8, 4) is 5.75 Å². The number of methoxy groups -OCH3 is 1. The molecule has 1 unspecified atom stereocenters. The lowest BCUT2D eigenvalue weighted by Gasteiger charge is -2.26. The van der Waals surface area contributed by atoms with E-state index in [-0.39, 0.29) is 0 Å². The Kier molecular flexibility index (Phi) is 3.40. The predicted molar refractivity (Wildman–Crippen MR) is 68.3 cm³/mol. The van der Waals surface area contributed by atoms with E-state index in [2.05, 4.69) is 5.32 Å². The Labute approximate surface area is 103 Å². The first-order valence-electron chi connectivity index (χ1n) is 6.14. The van der Waals surface area contributed by atoms with Crippen molar-refractivity contribution in [1.82, 2.24) is 5.32 Å². The van der Waals surface area contributed by atoms with Crippen LogP contribution in [0.3, 0.4) is 0 Å². The fraction of sp³-hybridized carbons (Fsp3) is 0.571. The second kappa shape index (κ2) is 4.67. The summed E-state index contributed by atoms with van der Waals surface area (Å²) in [5, 5.41) is 13.9. The van der Waals surface area contributed by atoms with Crippen LogP contribution in [0.5, 0.6) is 5.75 Å². The molecule has 0 heterocycles. The van der Waals surface area contributed by atoms with Crippen molar-refractivity contribution in [2.45, 2.75) is 38.3 Å². The highest BCUT2D eigenvalue weighted by Gasteiger charge is 2.30. The highest BCUT2D eigenvalue weighted by atomic mass is 16.5. The Bertz CT molecular complexity index is 397. The van der Waals surface area contributed by atoms with Crippen LogP contribution in [0.1, 0.15) is 30.9 Å².